The lowest BCUT2D eigenvalue weighted by atomic mass is 9.77. The first-order valence-electron chi connectivity index (χ1n) is 7.39. The van der Waals surface area contributed by atoms with Gasteiger partial charge < -0.3 is 4.74 Å². The van der Waals surface area contributed by atoms with Crippen LogP contribution in [0.5, 0.6) is 0 Å². The molecule has 1 aromatic rings. The van der Waals surface area contributed by atoms with E-state index in [1.807, 2.05) is 6.20 Å². The smallest absolute Gasteiger partial charge is 0.0851 e. The maximum Gasteiger partial charge on any atom is 0.0851 e. The molecule has 0 spiro atoms. The number of ether oxygens (including phenoxy) is 1. The van der Waals surface area contributed by atoms with E-state index in [-0.39, 0.29) is 11.6 Å². The second-order valence-electron chi connectivity index (χ2n) is 5.49. The quantitative estimate of drug-likeness (QED) is 0.616. The maximum atomic E-state index is 6.15. The van der Waals surface area contributed by atoms with E-state index in [1.165, 1.54) is 24.8 Å². The molecule has 1 heterocycles. The summed E-state index contributed by atoms with van der Waals surface area (Å²) in [7, 11) is 0. The first-order valence-corrected chi connectivity index (χ1v) is 8.19. The van der Waals surface area contributed by atoms with Gasteiger partial charge in [-0.2, -0.15) is 0 Å². The van der Waals surface area contributed by atoms with Gasteiger partial charge in [-0.15, -0.1) is 0 Å². The summed E-state index contributed by atoms with van der Waals surface area (Å²) in [6.07, 6.45) is 10.4. The molecule has 4 nitrogen and oxygen atoms in total. The predicted molar refractivity (Wildman–Crippen MR) is 84.2 cm³/mol. The normalized spacial score (nSPS) is 19.8. The van der Waals surface area contributed by atoms with Crippen molar-refractivity contribution in [3.8, 4) is 0 Å². The van der Waals surface area contributed by atoms with Crippen molar-refractivity contribution in [2.24, 2.45) is 5.84 Å². The zero-order valence-corrected chi connectivity index (χ0v) is 13.7. The lowest BCUT2D eigenvalue weighted by Gasteiger charge is -2.43. The van der Waals surface area contributed by atoms with E-state index >= 15 is 0 Å². The first-order chi connectivity index (χ1) is 9.70. The van der Waals surface area contributed by atoms with E-state index in [0.29, 0.717) is 0 Å². The summed E-state index contributed by atoms with van der Waals surface area (Å²) in [4.78, 5) is 4.23. The molecular weight excluding hydrogens is 318 g/mol. The summed E-state index contributed by atoms with van der Waals surface area (Å²) in [5.41, 5.74) is 4.04. The van der Waals surface area contributed by atoms with Crippen LogP contribution in [0.4, 0.5) is 0 Å². The Balaban J connectivity index is 2.15. The van der Waals surface area contributed by atoms with Gasteiger partial charge in [0.1, 0.15) is 0 Å². The number of hydrogen-bond acceptors (Lipinski definition) is 4. The summed E-state index contributed by atoms with van der Waals surface area (Å²) in [5.74, 6) is 5.84. The average Bonchev–Trinajstić information content (AvgIpc) is 2.46. The number of rotatable bonds is 6. The Kier molecular flexibility index (Phi) is 5.96. The van der Waals surface area contributed by atoms with Crippen LogP contribution in [0.15, 0.2) is 22.9 Å². The molecule has 0 radical (unpaired) electrons. The lowest BCUT2D eigenvalue weighted by molar-refractivity contribution is -0.0898. The monoisotopic (exact) mass is 341 g/mol. The minimum absolute atomic E-state index is 0.124. The fourth-order valence-corrected chi connectivity index (χ4v) is 3.64. The molecule has 0 saturated heterocycles. The SMILES string of the molecule is CCOC1(C(Cc2cncc(Br)c2)NN)CCCCC1. The fourth-order valence-electron chi connectivity index (χ4n) is 3.23. The van der Waals surface area contributed by atoms with Crippen LogP contribution in [0.1, 0.15) is 44.6 Å². The van der Waals surface area contributed by atoms with Crippen LogP contribution in [-0.4, -0.2) is 23.2 Å². The minimum Gasteiger partial charge on any atom is -0.374 e. The van der Waals surface area contributed by atoms with Gasteiger partial charge in [-0.05, 0) is 53.7 Å². The third-order valence-corrected chi connectivity index (χ3v) is 4.60. The highest BCUT2D eigenvalue weighted by atomic mass is 79.9. The molecule has 1 aromatic heterocycles. The van der Waals surface area contributed by atoms with Gasteiger partial charge in [0.15, 0.2) is 0 Å². The van der Waals surface area contributed by atoms with Crippen LogP contribution in [0.2, 0.25) is 0 Å². The molecule has 0 amide bonds. The number of pyridine rings is 1. The topological polar surface area (TPSA) is 60.2 Å². The Morgan fingerprint density at radius 2 is 2.15 bits per heavy atom. The van der Waals surface area contributed by atoms with Crippen LogP contribution >= 0.6 is 15.9 Å². The third kappa shape index (κ3) is 3.79. The summed E-state index contributed by atoms with van der Waals surface area (Å²) in [5, 5.41) is 0. The summed E-state index contributed by atoms with van der Waals surface area (Å²) in [6.45, 7) is 2.79. The molecule has 1 aliphatic rings. The van der Waals surface area contributed by atoms with Gasteiger partial charge in [-0.1, -0.05) is 19.3 Å². The van der Waals surface area contributed by atoms with Gasteiger partial charge in [-0.25, -0.2) is 0 Å². The molecule has 1 unspecified atom stereocenters. The van der Waals surface area contributed by atoms with Crippen LogP contribution in [0.25, 0.3) is 0 Å². The van der Waals surface area contributed by atoms with Crippen molar-refractivity contribution in [3.05, 3.63) is 28.5 Å². The highest BCUT2D eigenvalue weighted by Gasteiger charge is 2.40. The molecule has 0 aromatic carbocycles. The second kappa shape index (κ2) is 7.50. The van der Waals surface area contributed by atoms with Crippen LogP contribution in [0, 0.1) is 0 Å². The highest BCUT2D eigenvalue weighted by Crippen LogP contribution is 2.35. The second-order valence-corrected chi connectivity index (χ2v) is 6.41. The van der Waals surface area contributed by atoms with Gasteiger partial charge in [0.05, 0.1) is 11.6 Å². The van der Waals surface area contributed by atoms with Crippen molar-refractivity contribution in [2.45, 2.75) is 57.1 Å². The fraction of sp³-hybridized carbons (Fsp3) is 0.667. The summed E-state index contributed by atoms with van der Waals surface area (Å²) >= 11 is 3.47. The van der Waals surface area contributed by atoms with Crippen LogP contribution in [0.3, 0.4) is 0 Å². The lowest BCUT2D eigenvalue weighted by Crippen LogP contribution is -2.57. The number of aromatic nitrogens is 1. The van der Waals surface area contributed by atoms with E-state index in [9.17, 15) is 0 Å². The van der Waals surface area contributed by atoms with Gasteiger partial charge in [0, 0.05) is 23.5 Å². The van der Waals surface area contributed by atoms with Crippen molar-refractivity contribution in [3.63, 3.8) is 0 Å². The van der Waals surface area contributed by atoms with E-state index < -0.39 is 0 Å². The summed E-state index contributed by atoms with van der Waals surface area (Å²) < 4.78 is 7.15. The number of hydrogen-bond donors (Lipinski definition) is 2. The van der Waals surface area contributed by atoms with Crippen LogP contribution in [-0.2, 0) is 11.2 Å². The Morgan fingerprint density at radius 3 is 2.75 bits per heavy atom. The number of hydrazine groups is 1. The molecule has 1 fully saturated rings. The molecule has 0 aliphatic heterocycles. The minimum atomic E-state index is -0.135. The molecule has 0 bridgehead atoms. The Labute approximate surface area is 129 Å². The Bertz CT molecular complexity index is 416. The van der Waals surface area contributed by atoms with Crippen LogP contribution < -0.4 is 11.3 Å². The standard InChI is InChI=1S/C15H24BrN3O/c1-2-20-15(6-4-3-5-7-15)14(19-17)9-12-8-13(16)11-18-10-12/h8,10-11,14,19H,2-7,9,17H2,1H3. The number of nitrogens with two attached hydrogens (primary N) is 1. The van der Waals surface area contributed by atoms with E-state index in [1.54, 1.807) is 6.20 Å². The number of nitrogens with zero attached hydrogens (tertiary/aromatic N) is 1. The Morgan fingerprint density at radius 1 is 1.40 bits per heavy atom. The van der Waals surface area contributed by atoms with Crippen molar-refractivity contribution < 1.29 is 4.74 Å². The van der Waals surface area contributed by atoms with Gasteiger partial charge >= 0.3 is 0 Å². The van der Waals surface area contributed by atoms with Crippen molar-refractivity contribution >= 4 is 15.9 Å². The highest BCUT2D eigenvalue weighted by molar-refractivity contribution is 9.10. The molecule has 1 atom stereocenters. The van der Waals surface area contributed by atoms with Gasteiger partial charge in [0.2, 0.25) is 0 Å². The zero-order chi connectivity index (χ0) is 14.4. The zero-order valence-electron chi connectivity index (χ0n) is 12.1. The van der Waals surface area contributed by atoms with Gasteiger partial charge in [-0.3, -0.25) is 16.3 Å². The van der Waals surface area contributed by atoms with Gasteiger partial charge in [0.25, 0.3) is 0 Å². The van der Waals surface area contributed by atoms with E-state index in [2.05, 4.69) is 39.3 Å². The molecule has 2 rings (SSSR count). The van der Waals surface area contributed by atoms with Crippen molar-refractivity contribution in [1.82, 2.24) is 10.4 Å². The summed E-state index contributed by atoms with van der Waals surface area (Å²) in [6, 6.07) is 2.22. The third-order valence-electron chi connectivity index (χ3n) is 4.17. The van der Waals surface area contributed by atoms with Crippen molar-refractivity contribution in [1.29, 1.82) is 0 Å². The van der Waals surface area contributed by atoms with E-state index in [4.69, 9.17) is 10.6 Å². The Hall–Kier alpha value is -0.490. The number of nitrogens with one attached hydrogen (secondary N) is 1. The molecular formula is C15H24BrN3O. The molecule has 112 valence electrons. The largest absolute Gasteiger partial charge is 0.374 e. The number of halogens is 1. The molecule has 1 saturated carbocycles. The van der Waals surface area contributed by atoms with Crippen molar-refractivity contribution in [2.75, 3.05) is 6.61 Å². The average molecular weight is 342 g/mol. The first kappa shape index (κ1) is 15.9. The molecule has 20 heavy (non-hydrogen) atoms. The molecule has 5 heteroatoms. The predicted octanol–water partition coefficient (Wildman–Crippen LogP) is 2.96. The molecule has 3 N–H and O–H groups in total. The maximum absolute atomic E-state index is 6.15. The molecule has 1 aliphatic carbocycles. The van der Waals surface area contributed by atoms with E-state index in [0.717, 1.165) is 30.3 Å².